The highest BCUT2D eigenvalue weighted by atomic mass is 16.5. The number of hydrogen-bond donors (Lipinski definition) is 1. The van der Waals surface area contributed by atoms with Crippen LogP contribution in [0.25, 0.3) is 0 Å². The van der Waals surface area contributed by atoms with Gasteiger partial charge in [0, 0.05) is 45.2 Å². The van der Waals surface area contributed by atoms with Gasteiger partial charge in [-0.2, -0.15) is 0 Å². The van der Waals surface area contributed by atoms with E-state index in [0.29, 0.717) is 44.1 Å². The third-order valence-corrected chi connectivity index (χ3v) is 5.67. The van der Waals surface area contributed by atoms with E-state index in [2.05, 4.69) is 24.1 Å². The topological polar surface area (TPSA) is 71.1 Å². The predicted octanol–water partition coefficient (Wildman–Crippen LogP) is 1.78. The van der Waals surface area contributed by atoms with Crippen molar-refractivity contribution in [2.24, 2.45) is 11.8 Å². The molecule has 30 heavy (non-hydrogen) atoms. The van der Waals surface area contributed by atoms with E-state index >= 15 is 0 Å². The Morgan fingerprint density at radius 2 is 1.90 bits per heavy atom. The molecule has 0 aliphatic carbocycles. The Kier molecular flexibility index (Phi) is 8.51. The highest BCUT2D eigenvalue weighted by Crippen LogP contribution is 2.18. The zero-order valence-corrected chi connectivity index (χ0v) is 18.2. The minimum Gasteiger partial charge on any atom is -0.484 e. The SMILES string of the molecule is CC(C)CN1CCOC(CNC(=O)C2CCN(C(=O)COc3ccccc3)CC2)C1. The summed E-state index contributed by atoms with van der Waals surface area (Å²) in [5.41, 5.74) is 0. The molecule has 2 saturated heterocycles. The van der Waals surface area contributed by atoms with E-state index < -0.39 is 0 Å². The number of likely N-dealkylation sites (tertiary alicyclic amines) is 1. The molecule has 2 aliphatic heterocycles. The van der Waals surface area contributed by atoms with E-state index in [4.69, 9.17) is 9.47 Å². The van der Waals surface area contributed by atoms with Crippen molar-refractivity contribution < 1.29 is 19.1 Å². The Hall–Kier alpha value is -2.12. The fraction of sp³-hybridized carbons (Fsp3) is 0.652. The van der Waals surface area contributed by atoms with Gasteiger partial charge in [0.25, 0.3) is 5.91 Å². The number of morpholine rings is 1. The van der Waals surface area contributed by atoms with E-state index in [1.54, 1.807) is 4.90 Å². The molecule has 0 radical (unpaired) electrons. The second-order valence-electron chi connectivity index (χ2n) is 8.65. The number of piperidine rings is 1. The van der Waals surface area contributed by atoms with Crippen molar-refractivity contribution in [2.45, 2.75) is 32.8 Å². The molecule has 3 rings (SSSR count). The normalized spacial score (nSPS) is 20.9. The zero-order valence-electron chi connectivity index (χ0n) is 18.2. The van der Waals surface area contributed by atoms with Gasteiger partial charge in [0.1, 0.15) is 5.75 Å². The van der Waals surface area contributed by atoms with Crippen molar-refractivity contribution in [3.63, 3.8) is 0 Å². The minimum absolute atomic E-state index is 0.0291. The molecule has 1 aromatic rings. The van der Waals surface area contributed by atoms with Gasteiger partial charge in [0.05, 0.1) is 12.7 Å². The second-order valence-corrected chi connectivity index (χ2v) is 8.65. The Bertz CT molecular complexity index is 674. The summed E-state index contributed by atoms with van der Waals surface area (Å²) < 4.78 is 11.4. The van der Waals surface area contributed by atoms with Gasteiger partial charge in [-0.25, -0.2) is 0 Å². The van der Waals surface area contributed by atoms with Gasteiger partial charge in [-0.15, -0.1) is 0 Å². The summed E-state index contributed by atoms with van der Waals surface area (Å²) in [7, 11) is 0. The van der Waals surface area contributed by atoms with Crippen LogP contribution in [0.1, 0.15) is 26.7 Å². The summed E-state index contributed by atoms with van der Waals surface area (Å²) >= 11 is 0. The van der Waals surface area contributed by atoms with E-state index in [1.165, 1.54) is 0 Å². The lowest BCUT2D eigenvalue weighted by Gasteiger charge is -2.35. The number of nitrogens with zero attached hydrogens (tertiary/aromatic N) is 2. The van der Waals surface area contributed by atoms with E-state index in [9.17, 15) is 9.59 Å². The summed E-state index contributed by atoms with van der Waals surface area (Å²) in [6, 6.07) is 9.34. The molecule has 2 heterocycles. The molecule has 2 amide bonds. The van der Waals surface area contributed by atoms with Crippen molar-refractivity contribution in [2.75, 3.05) is 52.5 Å². The van der Waals surface area contributed by atoms with Crippen molar-refractivity contribution in [3.8, 4) is 5.75 Å². The fourth-order valence-corrected chi connectivity index (χ4v) is 4.09. The minimum atomic E-state index is -0.0422. The number of amides is 2. The molecule has 1 atom stereocenters. The molecule has 166 valence electrons. The van der Waals surface area contributed by atoms with Crippen molar-refractivity contribution in [1.82, 2.24) is 15.1 Å². The number of para-hydroxylation sites is 1. The van der Waals surface area contributed by atoms with Gasteiger partial charge in [-0.05, 0) is 30.9 Å². The Morgan fingerprint density at radius 1 is 1.17 bits per heavy atom. The third kappa shape index (κ3) is 6.99. The van der Waals surface area contributed by atoms with Crippen LogP contribution in [0.4, 0.5) is 0 Å². The van der Waals surface area contributed by atoms with Crippen LogP contribution in [0, 0.1) is 11.8 Å². The average molecular weight is 418 g/mol. The number of carbonyl (C=O) groups excluding carboxylic acids is 2. The first-order valence-corrected chi connectivity index (χ1v) is 11.1. The molecule has 2 fully saturated rings. The van der Waals surface area contributed by atoms with Gasteiger partial charge < -0.3 is 19.7 Å². The number of rotatable bonds is 8. The van der Waals surface area contributed by atoms with Crippen LogP contribution in [0.2, 0.25) is 0 Å². The lowest BCUT2D eigenvalue weighted by Crippen LogP contribution is -2.50. The van der Waals surface area contributed by atoms with Crippen LogP contribution in [0.3, 0.4) is 0 Å². The first-order valence-electron chi connectivity index (χ1n) is 11.1. The summed E-state index contributed by atoms with van der Waals surface area (Å²) in [6.07, 6.45) is 1.43. The van der Waals surface area contributed by atoms with Crippen LogP contribution >= 0.6 is 0 Å². The number of ether oxygens (including phenoxy) is 2. The molecule has 2 aliphatic rings. The molecule has 7 heteroatoms. The Labute approximate surface area is 179 Å². The maximum absolute atomic E-state index is 12.6. The lowest BCUT2D eigenvalue weighted by atomic mass is 9.96. The largest absolute Gasteiger partial charge is 0.484 e. The first-order chi connectivity index (χ1) is 14.5. The smallest absolute Gasteiger partial charge is 0.260 e. The highest BCUT2D eigenvalue weighted by molar-refractivity contribution is 5.80. The first kappa shape index (κ1) is 22.6. The van der Waals surface area contributed by atoms with Gasteiger partial charge >= 0.3 is 0 Å². The average Bonchev–Trinajstić information content (AvgIpc) is 2.76. The molecule has 1 unspecified atom stereocenters. The van der Waals surface area contributed by atoms with Crippen molar-refractivity contribution in [3.05, 3.63) is 30.3 Å². The molecule has 0 aromatic heterocycles. The van der Waals surface area contributed by atoms with E-state index in [-0.39, 0.29) is 30.4 Å². The monoisotopic (exact) mass is 417 g/mol. The van der Waals surface area contributed by atoms with E-state index in [0.717, 1.165) is 26.2 Å². The number of benzene rings is 1. The van der Waals surface area contributed by atoms with Crippen LogP contribution in [0.15, 0.2) is 30.3 Å². The summed E-state index contributed by atoms with van der Waals surface area (Å²) in [5.74, 6) is 1.33. The van der Waals surface area contributed by atoms with Gasteiger partial charge in [-0.1, -0.05) is 32.0 Å². The Balaban J connectivity index is 1.34. The molecule has 0 saturated carbocycles. The van der Waals surface area contributed by atoms with Crippen LogP contribution in [-0.4, -0.2) is 80.2 Å². The van der Waals surface area contributed by atoms with Crippen LogP contribution in [-0.2, 0) is 14.3 Å². The molecular weight excluding hydrogens is 382 g/mol. The summed E-state index contributed by atoms with van der Waals surface area (Å²) in [5, 5.41) is 3.07. The maximum atomic E-state index is 12.6. The van der Waals surface area contributed by atoms with Crippen LogP contribution in [0.5, 0.6) is 5.75 Å². The molecule has 0 bridgehead atoms. The molecule has 7 nitrogen and oxygen atoms in total. The lowest BCUT2D eigenvalue weighted by molar-refractivity contribution is -0.137. The molecule has 0 spiro atoms. The fourth-order valence-electron chi connectivity index (χ4n) is 4.09. The van der Waals surface area contributed by atoms with Gasteiger partial charge in [0.15, 0.2) is 6.61 Å². The molecule has 1 aromatic carbocycles. The third-order valence-electron chi connectivity index (χ3n) is 5.67. The molecule has 1 N–H and O–H groups in total. The predicted molar refractivity (Wildman–Crippen MR) is 115 cm³/mol. The number of nitrogens with one attached hydrogen (secondary N) is 1. The number of carbonyl (C=O) groups is 2. The van der Waals surface area contributed by atoms with Crippen molar-refractivity contribution >= 4 is 11.8 Å². The van der Waals surface area contributed by atoms with Gasteiger partial charge in [-0.3, -0.25) is 14.5 Å². The van der Waals surface area contributed by atoms with Crippen molar-refractivity contribution in [1.29, 1.82) is 0 Å². The quantitative estimate of drug-likeness (QED) is 0.698. The van der Waals surface area contributed by atoms with Crippen LogP contribution < -0.4 is 10.1 Å². The number of hydrogen-bond acceptors (Lipinski definition) is 5. The summed E-state index contributed by atoms with van der Waals surface area (Å²) in [6.45, 7) is 9.83. The second kappa shape index (κ2) is 11.3. The highest BCUT2D eigenvalue weighted by Gasteiger charge is 2.28. The molecular formula is C23H35N3O4. The standard InChI is InChI=1S/C23H35N3O4/c1-18(2)15-25-12-13-29-21(16-25)14-24-23(28)19-8-10-26(11-9-19)22(27)17-30-20-6-4-3-5-7-20/h3-7,18-19,21H,8-17H2,1-2H3,(H,24,28). The van der Waals surface area contributed by atoms with E-state index in [1.807, 2.05) is 30.3 Å². The maximum Gasteiger partial charge on any atom is 0.260 e. The summed E-state index contributed by atoms with van der Waals surface area (Å²) in [4.78, 5) is 29.1. The zero-order chi connectivity index (χ0) is 21.3. The Morgan fingerprint density at radius 3 is 2.60 bits per heavy atom. The van der Waals surface area contributed by atoms with Gasteiger partial charge in [0.2, 0.25) is 5.91 Å².